The van der Waals surface area contributed by atoms with E-state index in [9.17, 15) is 5.11 Å². The van der Waals surface area contributed by atoms with Crippen LogP contribution in [0.1, 0.15) is 4.88 Å². The van der Waals surface area contributed by atoms with Crippen molar-refractivity contribution in [1.29, 1.82) is 0 Å². The fourth-order valence-corrected chi connectivity index (χ4v) is 2.29. The van der Waals surface area contributed by atoms with Crippen LogP contribution in [0.15, 0.2) is 18.2 Å². The third kappa shape index (κ3) is 1.50. The largest absolute Gasteiger partial charge is 0.506 e. The number of hydrogen-bond acceptors (Lipinski definition) is 3. The summed E-state index contributed by atoms with van der Waals surface area (Å²) in [5, 5.41) is 19.5. The average Bonchev–Trinajstić information content (AvgIpc) is 2.48. The summed E-state index contributed by atoms with van der Waals surface area (Å²) in [6.07, 6.45) is 0. The predicted octanol–water partition coefficient (Wildman–Crippen LogP) is 2.75. The molecule has 0 saturated heterocycles. The van der Waals surface area contributed by atoms with E-state index < -0.39 is 0 Å². The molecule has 0 amide bonds. The summed E-state index contributed by atoms with van der Waals surface area (Å²) in [6.45, 7) is 0.0255. The zero-order chi connectivity index (χ0) is 9.42. The van der Waals surface area contributed by atoms with Crippen molar-refractivity contribution in [1.82, 2.24) is 0 Å². The molecule has 0 saturated carbocycles. The molecule has 68 valence electrons. The molecule has 1 aromatic heterocycles. The van der Waals surface area contributed by atoms with E-state index in [-0.39, 0.29) is 12.4 Å². The van der Waals surface area contributed by atoms with Gasteiger partial charge in [-0.3, -0.25) is 0 Å². The van der Waals surface area contributed by atoms with Crippen LogP contribution in [0, 0.1) is 0 Å². The van der Waals surface area contributed by atoms with E-state index in [1.54, 1.807) is 12.1 Å². The first kappa shape index (κ1) is 8.81. The number of benzene rings is 1. The minimum atomic E-state index is 0.0255. The summed E-state index contributed by atoms with van der Waals surface area (Å²) in [7, 11) is 0. The summed E-state index contributed by atoms with van der Waals surface area (Å²) >= 11 is 7.18. The van der Waals surface area contributed by atoms with Crippen LogP contribution in [0.25, 0.3) is 10.1 Å². The van der Waals surface area contributed by atoms with Crippen molar-refractivity contribution < 1.29 is 10.2 Å². The molecule has 13 heavy (non-hydrogen) atoms. The van der Waals surface area contributed by atoms with Crippen LogP contribution in [0.2, 0.25) is 5.02 Å². The monoisotopic (exact) mass is 214 g/mol. The van der Waals surface area contributed by atoms with Crippen molar-refractivity contribution in [2.45, 2.75) is 6.61 Å². The molecule has 0 fully saturated rings. The Hall–Kier alpha value is -0.770. The van der Waals surface area contributed by atoms with E-state index in [1.807, 2.05) is 6.07 Å². The van der Waals surface area contributed by atoms with Gasteiger partial charge >= 0.3 is 0 Å². The smallest absolute Gasteiger partial charge is 0.135 e. The standard InChI is InChI=1S/C9H7ClO2S/c10-7-2-5-1-6(4-11)13-9(5)3-8(7)12/h1-3,11-12H,4H2. The number of fused-ring (bicyclic) bond motifs is 1. The molecule has 0 aliphatic carbocycles. The van der Waals surface area contributed by atoms with Gasteiger partial charge in [-0.25, -0.2) is 0 Å². The summed E-state index contributed by atoms with van der Waals surface area (Å²) in [5.74, 6) is 0.0838. The van der Waals surface area contributed by atoms with E-state index in [0.29, 0.717) is 5.02 Å². The Morgan fingerprint density at radius 3 is 2.77 bits per heavy atom. The van der Waals surface area contributed by atoms with Gasteiger partial charge in [-0.05, 0) is 23.6 Å². The van der Waals surface area contributed by atoms with Crippen LogP contribution >= 0.6 is 22.9 Å². The molecule has 1 heterocycles. The van der Waals surface area contributed by atoms with Gasteiger partial charge in [0.05, 0.1) is 11.6 Å². The van der Waals surface area contributed by atoms with Crippen LogP contribution in [-0.4, -0.2) is 10.2 Å². The number of phenolic OH excluding ortho intramolecular Hbond substituents is 1. The van der Waals surface area contributed by atoms with Gasteiger partial charge in [-0.15, -0.1) is 11.3 Å². The molecule has 2 N–H and O–H groups in total. The lowest BCUT2D eigenvalue weighted by Gasteiger charge is -1.94. The second kappa shape index (κ2) is 3.18. The van der Waals surface area contributed by atoms with Gasteiger partial charge in [0.15, 0.2) is 0 Å². The number of hydrogen-bond donors (Lipinski definition) is 2. The normalized spacial score (nSPS) is 10.9. The molecule has 4 heteroatoms. The highest BCUT2D eigenvalue weighted by Crippen LogP contribution is 2.33. The Kier molecular flexibility index (Phi) is 2.15. The van der Waals surface area contributed by atoms with Gasteiger partial charge in [0.25, 0.3) is 0 Å². The molecule has 2 nitrogen and oxygen atoms in total. The van der Waals surface area contributed by atoms with Gasteiger partial charge in [-0.1, -0.05) is 11.6 Å². The summed E-state index contributed by atoms with van der Waals surface area (Å²) in [4.78, 5) is 0.872. The highest BCUT2D eigenvalue weighted by molar-refractivity contribution is 7.19. The van der Waals surface area contributed by atoms with Crippen molar-refractivity contribution >= 4 is 33.0 Å². The molecule has 0 unspecified atom stereocenters. The maximum absolute atomic E-state index is 9.31. The molecule has 0 atom stereocenters. The fraction of sp³-hybridized carbons (Fsp3) is 0.111. The first-order chi connectivity index (χ1) is 6.20. The Morgan fingerprint density at radius 1 is 1.31 bits per heavy atom. The van der Waals surface area contributed by atoms with Crippen molar-refractivity contribution in [2.75, 3.05) is 0 Å². The van der Waals surface area contributed by atoms with Crippen molar-refractivity contribution in [2.24, 2.45) is 0 Å². The minimum Gasteiger partial charge on any atom is -0.506 e. The Bertz CT molecular complexity index is 411. The highest BCUT2D eigenvalue weighted by Gasteiger charge is 2.05. The first-order valence-corrected chi connectivity index (χ1v) is 4.92. The van der Waals surface area contributed by atoms with E-state index >= 15 is 0 Å². The molecule has 0 spiro atoms. The van der Waals surface area contributed by atoms with E-state index in [1.165, 1.54) is 11.3 Å². The molecule has 1 aromatic carbocycles. The topological polar surface area (TPSA) is 40.5 Å². The number of aliphatic hydroxyl groups excluding tert-OH is 1. The second-order valence-electron chi connectivity index (χ2n) is 2.71. The highest BCUT2D eigenvalue weighted by atomic mass is 35.5. The maximum atomic E-state index is 9.31. The molecule has 0 radical (unpaired) electrons. The number of aliphatic hydroxyl groups is 1. The second-order valence-corrected chi connectivity index (χ2v) is 4.29. The summed E-state index contributed by atoms with van der Waals surface area (Å²) < 4.78 is 0.936. The lowest BCUT2D eigenvalue weighted by atomic mass is 10.2. The van der Waals surface area contributed by atoms with E-state index in [4.69, 9.17) is 16.7 Å². The zero-order valence-electron chi connectivity index (χ0n) is 6.62. The number of rotatable bonds is 1. The third-order valence-corrected chi connectivity index (χ3v) is 3.18. The molecular weight excluding hydrogens is 208 g/mol. The average molecular weight is 215 g/mol. The molecule has 2 rings (SSSR count). The van der Waals surface area contributed by atoms with Crippen LogP contribution in [-0.2, 0) is 6.61 Å². The summed E-state index contributed by atoms with van der Waals surface area (Å²) in [6, 6.07) is 5.18. The maximum Gasteiger partial charge on any atom is 0.135 e. The molecule has 0 bridgehead atoms. The van der Waals surface area contributed by atoms with Gasteiger partial charge in [0, 0.05) is 9.58 Å². The Balaban J connectivity index is 2.70. The molecule has 2 aromatic rings. The van der Waals surface area contributed by atoms with Gasteiger partial charge < -0.3 is 10.2 Å². The SMILES string of the molecule is OCc1cc2cc(Cl)c(O)cc2s1. The minimum absolute atomic E-state index is 0.0255. The van der Waals surface area contributed by atoms with Crippen LogP contribution in [0.4, 0.5) is 0 Å². The van der Waals surface area contributed by atoms with Gasteiger partial charge in [0.1, 0.15) is 5.75 Å². The fourth-order valence-electron chi connectivity index (χ4n) is 1.18. The lowest BCUT2D eigenvalue weighted by Crippen LogP contribution is -1.70. The third-order valence-electron chi connectivity index (χ3n) is 1.79. The van der Waals surface area contributed by atoms with Crippen LogP contribution in [0.5, 0.6) is 5.75 Å². The van der Waals surface area contributed by atoms with Gasteiger partial charge in [0.2, 0.25) is 0 Å². The van der Waals surface area contributed by atoms with E-state index in [0.717, 1.165) is 15.0 Å². The number of aromatic hydroxyl groups is 1. The first-order valence-electron chi connectivity index (χ1n) is 3.72. The van der Waals surface area contributed by atoms with Crippen LogP contribution in [0.3, 0.4) is 0 Å². The van der Waals surface area contributed by atoms with Gasteiger partial charge in [-0.2, -0.15) is 0 Å². The Morgan fingerprint density at radius 2 is 2.08 bits per heavy atom. The predicted molar refractivity (Wildman–Crippen MR) is 54.4 cm³/mol. The van der Waals surface area contributed by atoms with Crippen LogP contribution < -0.4 is 0 Å². The van der Waals surface area contributed by atoms with E-state index in [2.05, 4.69) is 0 Å². The Labute approximate surface area is 84.0 Å². The lowest BCUT2D eigenvalue weighted by molar-refractivity contribution is 0.285. The van der Waals surface area contributed by atoms with Crippen molar-refractivity contribution in [3.63, 3.8) is 0 Å². The molecule has 0 aliphatic rings. The van der Waals surface area contributed by atoms with Crippen molar-refractivity contribution in [3.8, 4) is 5.75 Å². The number of thiophene rings is 1. The summed E-state index contributed by atoms with van der Waals surface area (Å²) in [5.41, 5.74) is 0. The zero-order valence-corrected chi connectivity index (χ0v) is 8.19. The number of phenols is 1. The number of halogens is 1. The molecule has 0 aliphatic heterocycles. The molecular formula is C9H7ClO2S. The quantitative estimate of drug-likeness (QED) is 0.767. The van der Waals surface area contributed by atoms with Crippen molar-refractivity contribution in [3.05, 3.63) is 28.1 Å².